The van der Waals surface area contributed by atoms with Crippen molar-refractivity contribution in [2.45, 2.75) is 92.4 Å². The second kappa shape index (κ2) is 17.2. The number of nitrogens with one attached hydrogen (secondary N) is 2. The molecule has 0 spiro atoms. The van der Waals surface area contributed by atoms with Crippen LogP contribution in [0.3, 0.4) is 0 Å². The van der Waals surface area contributed by atoms with Crippen LogP contribution < -0.4 is 15.7 Å². The molecule has 0 saturated heterocycles. The standard InChI is InChI=1S/C43H50N2O5/c1-6-44-36-26-40-34(22-28(36)3)42(35-23-29(4)37(45-7-2)27-41(35)50-40)32-19-15-16-20-33(32)43(48)49-21-17-13-11-9-8-10-12-14-18-31-25-38(46)30(5)24-39(31)47/h15-16,19-20,22-27,44H,6-14,17-18,21H2,1-5H3/p+1. The maximum Gasteiger partial charge on any atom is 0.338 e. The summed E-state index contributed by atoms with van der Waals surface area (Å²) in [7, 11) is 0. The number of fused-ring (bicyclic) bond motifs is 2. The molecule has 2 aromatic rings. The molecule has 2 aromatic carbocycles. The van der Waals surface area contributed by atoms with Crippen molar-refractivity contribution in [1.82, 2.24) is 0 Å². The van der Waals surface area contributed by atoms with Crippen molar-refractivity contribution in [1.29, 1.82) is 0 Å². The molecule has 3 aliphatic rings. The third-order valence-corrected chi connectivity index (χ3v) is 9.49. The van der Waals surface area contributed by atoms with Crippen LogP contribution in [0.5, 0.6) is 0 Å². The summed E-state index contributed by atoms with van der Waals surface area (Å²) in [6.45, 7) is 12.0. The van der Waals surface area contributed by atoms with E-state index in [1.807, 2.05) is 24.3 Å². The summed E-state index contributed by atoms with van der Waals surface area (Å²) in [5.41, 5.74) is 8.45. The minimum Gasteiger partial charge on any atom is -0.462 e. The average molecular weight is 676 g/mol. The number of unbranched alkanes of at least 4 members (excludes halogenated alkanes) is 7. The van der Waals surface area contributed by atoms with Crippen LogP contribution in [0.4, 0.5) is 5.69 Å². The number of hydrogen-bond acceptors (Lipinski definition) is 6. The molecule has 0 atom stereocenters. The Hall–Kier alpha value is -4.78. The summed E-state index contributed by atoms with van der Waals surface area (Å²) >= 11 is 0. The largest absolute Gasteiger partial charge is 0.462 e. The number of carbonyl (C=O) groups excluding carboxylic acids is 3. The van der Waals surface area contributed by atoms with Crippen LogP contribution in [0.15, 0.2) is 76.2 Å². The monoisotopic (exact) mass is 675 g/mol. The van der Waals surface area contributed by atoms with E-state index in [-0.39, 0.29) is 17.5 Å². The fourth-order valence-electron chi connectivity index (χ4n) is 6.75. The number of allylic oxidation sites excluding steroid dienone is 4. The molecule has 50 heavy (non-hydrogen) atoms. The fraction of sp³-hybridized carbons (Fsp3) is 0.395. The van der Waals surface area contributed by atoms with E-state index in [0.29, 0.717) is 29.7 Å². The first kappa shape index (κ1) is 36.5. The summed E-state index contributed by atoms with van der Waals surface area (Å²) in [5.74, 6) is 0.367. The molecule has 0 aromatic heterocycles. The van der Waals surface area contributed by atoms with Crippen LogP contribution in [-0.4, -0.2) is 37.2 Å². The minimum atomic E-state index is -0.316. The van der Waals surface area contributed by atoms with Gasteiger partial charge in [-0.15, -0.1) is 0 Å². The average Bonchev–Trinajstić information content (AvgIpc) is 3.09. The maximum atomic E-state index is 13.6. The highest BCUT2D eigenvalue weighted by molar-refractivity contribution is 6.19. The molecule has 5 rings (SSSR count). The number of benzene rings is 3. The van der Waals surface area contributed by atoms with Gasteiger partial charge in [0.05, 0.1) is 18.2 Å². The predicted octanol–water partition coefficient (Wildman–Crippen LogP) is 7.95. The zero-order valence-corrected chi connectivity index (χ0v) is 30.3. The van der Waals surface area contributed by atoms with Crippen LogP contribution in [0.1, 0.15) is 100 Å². The van der Waals surface area contributed by atoms with E-state index in [1.165, 1.54) is 12.2 Å². The van der Waals surface area contributed by atoms with E-state index >= 15 is 0 Å². The van der Waals surface area contributed by atoms with Gasteiger partial charge >= 0.3 is 5.97 Å². The first-order chi connectivity index (χ1) is 24.2. The van der Waals surface area contributed by atoms with Gasteiger partial charge in [-0.25, -0.2) is 9.79 Å². The molecule has 0 amide bonds. The molecule has 2 N–H and O–H groups in total. The molecule has 1 heterocycles. The Kier molecular flexibility index (Phi) is 12.6. The van der Waals surface area contributed by atoms with Gasteiger partial charge in [-0.2, -0.15) is 0 Å². The third kappa shape index (κ3) is 8.68. The van der Waals surface area contributed by atoms with E-state index < -0.39 is 0 Å². The van der Waals surface area contributed by atoms with Crippen molar-refractivity contribution in [3.63, 3.8) is 0 Å². The lowest BCUT2D eigenvalue weighted by molar-refractivity contribution is -0.496. The molecule has 0 fully saturated rings. The van der Waals surface area contributed by atoms with E-state index in [1.54, 1.807) is 6.92 Å². The van der Waals surface area contributed by atoms with Gasteiger partial charge < -0.3 is 14.5 Å². The summed E-state index contributed by atoms with van der Waals surface area (Å²) in [4.78, 5) is 41.0. The van der Waals surface area contributed by atoms with E-state index in [4.69, 9.17) is 9.15 Å². The molecular formula is C43H51N2O5+. The predicted molar refractivity (Wildman–Crippen MR) is 200 cm³/mol. The van der Waals surface area contributed by atoms with Crippen molar-refractivity contribution in [3.05, 3.63) is 93.9 Å². The molecule has 0 radical (unpaired) electrons. The number of ketones is 2. The summed E-state index contributed by atoms with van der Waals surface area (Å²) in [6.07, 6.45) is 11.9. The van der Waals surface area contributed by atoms with Crippen LogP contribution in [0, 0.1) is 13.8 Å². The number of rotatable bonds is 16. The zero-order valence-electron chi connectivity index (χ0n) is 30.3. The Balaban J connectivity index is 1.21. The number of ether oxygens (including phenoxy) is 1. The zero-order chi connectivity index (χ0) is 35.6. The molecular weight excluding hydrogens is 624 g/mol. The Morgan fingerprint density at radius 3 is 2.26 bits per heavy atom. The van der Waals surface area contributed by atoms with E-state index in [2.05, 4.69) is 62.3 Å². The number of aryl methyl sites for hydroxylation is 2. The highest BCUT2D eigenvalue weighted by Crippen LogP contribution is 2.43. The molecule has 2 aliphatic carbocycles. The normalized spacial score (nSPS) is 13.6. The molecule has 0 saturated carbocycles. The number of esters is 1. The lowest BCUT2D eigenvalue weighted by Gasteiger charge is -2.19. The van der Waals surface area contributed by atoms with Crippen LogP contribution >= 0.6 is 0 Å². The topological polar surface area (TPSA) is 99.6 Å². The van der Waals surface area contributed by atoms with E-state index in [9.17, 15) is 14.4 Å². The van der Waals surface area contributed by atoms with Gasteiger partial charge in [-0.05, 0) is 95.4 Å². The molecule has 7 heteroatoms. The lowest BCUT2D eigenvalue weighted by atomic mass is 9.89. The smallest absolute Gasteiger partial charge is 0.338 e. The van der Waals surface area contributed by atoms with Crippen molar-refractivity contribution in [3.8, 4) is 22.5 Å². The highest BCUT2D eigenvalue weighted by Gasteiger charge is 2.24. The van der Waals surface area contributed by atoms with Gasteiger partial charge in [0.15, 0.2) is 11.6 Å². The first-order valence-corrected chi connectivity index (χ1v) is 18.3. The maximum absolute atomic E-state index is 13.6. The van der Waals surface area contributed by atoms with Crippen molar-refractivity contribution < 1.29 is 28.5 Å². The van der Waals surface area contributed by atoms with Crippen molar-refractivity contribution in [2.75, 3.05) is 25.0 Å². The molecule has 262 valence electrons. The Morgan fingerprint density at radius 1 is 0.800 bits per heavy atom. The SMILES string of the molecule is CCNc1cc2oc3cc(=[NH+]CC)c(C)cc-3c(-c3ccccc3C(=O)OCCCCCCCCCCC3=CC(=O)C(C)=CC3=O)c2cc1C. The molecule has 0 unspecified atom stereocenters. The van der Waals surface area contributed by atoms with Gasteiger partial charge in [0.25, 0.3) is 0 Å². The van der Waals surface area contributed by atoms with Gasteiger partial charge in [-0.3, -0.25) is 9.59 Å². The van der Waals surface area contributed by atoms with Crippen LogP contribution in [0.25, 0.3) is 33.4 Å². The second-order valence-electron chi connectivity index (χ2n) is 13.3. The van der Waals surface area contributed by atoms with Gasteiger partial charge in [0.1, 0.15) is 17.9 Å². The van der Waals surface area contributed by atoms with E-state index in [0.717, 1.165) is 120 Å². The van der Waals surface area contributed by atoms with Gasteiger partial charge in [-0.1, -0.05) is 56.7 Å². The number of anilines is 1. The summed E-state index contributed by atoms with van der Waals surface area (Å²) in [5, 5.41) is 5.42. The van der Waals surface area contributed by atoms with Gasteiger partial charge in [0.2, 0.25) is 5.36 Å². The molecule has 0 bridgehead atoms. The summed E-state index contributed by atoms with van der Waals surface area (Å²) < 4.78 is 12.4. The molecule has 1 aliphatic heterocycles. The Bertz CT molecular complexity index is 1980. The van der Waals surface area contributed by atoms with Crippen molar-refractivity contribution >= 4 is 34.2 Å². The van der Waals surface area contributed by atoms with Crippen molar-refractivity contribution in [2.24, 2.45) is 0 Å². The second-order valence-corrected chi connectivity index (χ2v) is 13.3. The van der Waals surface area contributed by atoms with Gasteiger partial charge in [0, 0.05) is 51.5 Å². The molecule has 7 nitrogen and oxygen atoms in total. The Labute approximate surface area is 295 Å². The third-order valence-electron chi connectivity index (χ3n) is 9.49. The minimum absolute atomic E-state index is 0.0215. The van der Waals surface area contributed by atoms with Crippen LogP contribution in [0.2, 0.25) is 0 Å². The fourth-order valence-corrected chi connectivity index (χ4v) is 6.75. The number of hydrogen-bond donors (Lipinski definition) is 2. The Morgan fingerprint density at radius 2 is 1.52 bits per heavy atom. The number of carbonyl (C=O) groups is 3. The highest BCUT2D eigenvalue weighted by atomic mass is 16.5. The lowest BCUT2D eigenvalue weighted by Crippen LogP contribution is -2.76. The van der Waals surface area contributed by atoms with Crippen LogP contribution in [-0.2, 0) is 14.3 Å². The first-order valence-electron chi connectivity index (χ1n) is 18.3. The summed E-state index contributed by atoms with van der Waals surface area (Å²) in [6, 6.07) is 16.1. The quantitative estimate of drug-likeness (QED) is 0.0542.